The smallest absolute Gasteiger partial charge is 0.381 e. The Labute approximate surface area is 215 Å². The van der Waals surface area contributed by atoms with Crippen LogP contribution in [0, 0.1) is 11.3 Å². The second kappa shape index (κ2) is 11.0. The number of rotatable bonds is 6. The van der Waals surface area contributed by atoms with Gasteiger partial charge in [-0.3, -0.25) is 4.79 Å². The van der Waals surface area contributed by atoms with Crippen molar-refractivity contribution in [3.05, 3.63) is 23.9 Å². The Kier molecular flexibility index (Phi) is 7.95. The molecular weight excluding hydrogens is 489 g/mol. The zero-order valence-corrected chi connectivity index (χ0v) is 21.3. The number of halogens is 3. The molecule has 0 bridgehead atoms. The number of hydrogen-bond donors (Lipinski definition) is 1. The second-order valence-corrected chi connectivity index (χ2v) is 10.7. The Bertz CT molecular complexity index is 937. The number of nitrogens with one attached hydrogen (secondary N) is 1. The fourth-order valence-electron chi connectivity index (χ4n) is 6.59. The van der Waals surface area contributed by atoms with Gasteiger partial charge in [0, 0.05) is 64.8 Å². The van der Waals surface area contributed by atoms with Crippen LogP contribution in [0.15, 0.2) is 18.3 Å². The van der Waals surface area contributed by atoms with E-state index in [1.54, 1.807) is 7.11 Å². The number of piperazine rings is 1. The molecule has 4 aliphatic rings. The van der Waals surface area contributed by atoms with Crippen molar-refractivity contribution in [3.8, 4) is 0 Å². The van der Waals surface area contributed by atoms with Gasteiger partial charge in [-0.1, -0.05) is 0 Å². The molecule has 4 fully saturated rings. The van der Waals surface area contributed by atoms with Crippen molar-refractivity contribution in [1.82, 2.24) is 15.2 Å². The van der Waals surface area contributed by atoms with Crippen molar-refractivity contribution < 1.29 is 32.2 Å². The van der Waals surface area contributed by atoms with E-state index >= 15 is 0 Å². The van der Waals surface area contributed by atoms with Crippen LogP contribution in [0.25, 0.3) is 0 Å². The van der Waals surface area contributed by atoms with Crippen LogP contribution in [-0.2, 0) is 25.2 Å². The summed E-state index contributed by atoms with van der Waals surface area (Å²) in [4.78, 5) is 22.0. The summed E-state index contributed by atoms with van der Waals surface area (Å²) in [5.74, 6) is 0.650. The summed E-state index contributed by atoms with van der Waals surface area (Å²) >= 11 is 0. The standard InChI is InChI=1S/C26H37F3N4O4/c1-35-22-17-37-13-5-21(22)31-20-2-6-25(15-20,19-4-12-36-16-19)24(34)33-10-8-32(9-11-33)23-14-18(3-7-30-23)26(27,28)29/h3,7,14,19-22,31H,2,4-6,8-13,15-17H2,1H3/t19-,20+,21+,22?,25-/m0/s1. The van der Waals surface area contributed by atoms with Crippen molar-refractivity contribution in [1.29, 1.82) is 0 Å². The second-order valence-electron chi connectivity index (χ2n) is 10.7. The van der Waals surface area contributed by atoms with Gasteiger partial charge in [0.25, 0.3) is 0 Å². The lowest BCUT2D eigenvalue weighted by Gasteiger charge is -2.42. The molecule has 5 atom stereocenters. The predicted molar refractivity (Wildman–Crippen MR) is 130 cm³/mol. The average molecular weight is 527 g/mol. The minimum absolute atomic E-state index is 0.00630. The Morgan fingerprint density at radius 1 is 1.14 bits per heavy atom. The highest BCUT2D eigenvalue weighted by atomic mass is 19.4. The van der Waals surface area contributed by atoms with Crippen molar-refractivity contribution in [3.63, 3.8) is 0 Å². The number of amides is 1. The summed E-state index contributed by atoms with van der Waals surface area (Å²) in [6, 6.07) is 2.50. The third-order valence-electron chi connectivity index (χ3n) is 8.71. The normalized spacial score (nSPS) is 33.2. The van der Waals surface area contributed by atoms with E-state index in [0.717, 1.165) is 44.2 Å². The molecule has 1 unspecified atom stereocenters. The molecule has 5 rings (SSSR count). The third kappa shape index (κ3) is 5.60. The molecule has 0 aromatic carbocycles. The van der Waals surface area contributed by atoms with E-state index < -0.39 is 17.2 Å². The molecular formula is C26H37F3N4O4. The fraction of sp³-hybridized carbons (Fsp3) is 0.769. The van der Waals surface area contributed by atoms with Crippen LogP contribution in [0.5, 0.6) is 0 Å². The van der Waals surface area contributed by atoms with E-state index in [-0.39, 0.29) is 30.0 Å². The maximum Gasteiger partial charge on any atom is 0.416 e. The number of anilines is 1. The van der Waals surface area contributed by atoms with E-state index in [1.807, 2.05) is 9.80 Å². The minimum atomic E-state index is -4.41. The van der Waals surface area contributed by atoms with Gasteiger partial charge in [-0.2, -0.15) is 13.2 Å². The molecule has 8 nitrogen and oxygen atoms in total. The van der Waals surface area contributed by atoms with Crippen molar-refractivity contribution in [2.45, 2.75) is 56.5 Å². The number of methoxy groups -OCH3 is 1. The monoisotopic (exact) mass is 526 g/mol. The van der Waals surface area contributed by atoms with Crippen LogP contribution in [-0.4, -0.2) is 93.7 Å². The van der Waals surface area contributed by atoms with Gasteiger partial charge in [0.2, 0.25) is 5.91 Å². The molecule has 11 heteroatoms. The molecule has 1 amide bonds. The quantitative estimate of drug-likeness (QED) is 0.611. The summed E-state index contributed by atoms with van der Waals surface area (Å²) in [5, 5.41) is 3.78. The van der Waals surface area contributed by atoms with E-state index in [4.69, 9.17) is 14.2 Å². The van der Waals surface area contributed by atoms with Gasteiger partial charge in [-0.15, -0.1) is 0 Å². The van der Waals surface area contributed by atoms with Crippen LogP contribution >= 0.6 is 0 Å². The molecule has 1 aromatic rings. The number of nitrogens with zero attached hydrogens (tertiary/aromatic N) is 3. The molecule has 1 aromatic heterocycles. The lowest BCUT2D eigenvalue weighted by Crippen LogP contribution is -2.55. The van der Waals surface area contributed by atoms with Crippen molar-refractivity contribution in [2.75, 3.05) is 64.6 Å². The number of hydrogen-bond acceptors (Lipinski definition) is 7. The molecule has 1 aliphatic carbocycles. The van der Waals surface area contributed by atoms with Gasteiger partial charge in [0.15, 0.2) is 0 Å². The fourth-order valence-corrected chi connectivity index (χ4v) is 6.59. The van der Waals surface area contributed by atoms with Gasteiger partial charge in [-0.25, -0.2) is 4.98 Å². The van der Waals surface area contributed by atoms with Crippen LogP contribution < -0.4 is 10.2 Å². The summed E-state index contributed by atoms with van der Waals surface area (Å²) in [5.41, 5.74) is -1.18. The SMILES string of the molecule is COC1COCC[C@H]1N[C@@H]1CC[C@@](C(=O)N2CCN(c3cc(C(F)(F)F)ccn3)CC2)([C@H]2CCOC2)C1. The number of carbonyl (C=O) groups is 1. The highest BCUT2D eigenvalue weighted by Crippen LogP contribution is 2.49. The summed E-state index contributed by atoms with van der Waals surface area (Å²) in [6.07, 6.45) is 1.06. The van der Waals surface area contributed by atoms with E-state index in [9.17, 15) is 18.0 Å². The van der Waals surface area contributed by atoms with Crippen molar-refractivity contribution >= 4 is 11.7 Å². The Morgan fingerprint density at radius 3 is 2.59 bits per heavy atom. The van der Waals surface area contributed by atoms with Crippen LogP contribution in [0.3, 0.4) is 0 Å². The maximum atomic E-state index is 14.1. The van der Waals surface area contributed by atoms with Gasteiger partial charge in [-0.05, 0) is 50.2 Å². The Hall–Kier alpha value is -1.95. The van der Waals surface area contributed by atoms with Gasteiger partial charge in [0.1, 0.15) is 5.82 Å². The molecule has 1 saturated carbocycles. The van der Waals surface area contributed by atoms with Gasteiger partial charge < -0.3 is 29.3 Å². The molecule has 0 spiro atoms. The van der Waals surface area contributed by atoms with E-state index in [2.05, 4.69) is 10.3 Å². The summed E-state index contributed by atoms with van der Waals surface area (Å²) in [7, 11) is 1.71. The Morgan fingerprint density at radius 2 is 1.89 bits per heavy atom. The average Bonchev–Trinajstić information content (AvgIpc) is 3.60. The van der Waals surface area contributed by atoms with Crippen LogP contribution in [0.2, 0.25) is 0 Å². The summed E-state index contributed by atoms with van der Waals surface area (Å²) in [6.45, 7) is 4.41. The third-order valence-corrected chi connectivity index (χ3v) is 8.71. The highest BCUT2D eigenvalue weighted by Gasteiger charge is 2.53. The number of carbonyl (C=O) groups excluding carboxylic acids is 1. The number of pyridine rings is 1. The van der Waals surface area contributed by atoms with E-state index in [0.29, 0.717) is 58.4 Å². The topological polar surface area (TPSA) is 76.2 Å². The number of aromatic nitrogens is 1. The first kappa shape index (κ1) is 26.6. The first-order valence-corrected chi connectivity index (χ1v) is 13.3. The van der Waals surface area contributed by atoms with E-state index in [1.165, 1.54) is 6.20 Å². The van der Waals surface area contributed by atoms with Gasteiger partial charge in [0.05, 0.1) is 30.3 Å². The molecule has 206 valence electrons. The minimum Gasteiger partial charge on any atom is -0.381 e. The highest BCUT2D eigenvalue weighted by molar-refractivity contribution is 5.84. The first-order chi connectivity index (χ1) is 17.8. The zero-order valence-electron chi connectivity index (χ0n) is 21.3. The lowest BCUT2D eigenvalue weighted by molar-refractivity contribution is -0.146. The molecule has 4 heterocycles. The Balaban J connectivity index is 1.25. The molecule has 3 aliphatic heterocycles. The van der Waals surface area contributed by atoms with Crippen molar-refractivity contribution in [2.24, 2.45) is 11.3 Å². The summed E-state index contributed by atoms with van der Waals surface area (Å²) < 4.78 is 56.4. The number of ether oxygens (including phenoxy) is 3. The van der Waals surface area contributed by atoms with Crippen LogP contribution in [0.1, 0.15) is 37.7 Å². The number of alkyl halides is 3. The molecule has 1 N–H and O–H groups in total. The zero-order chi connectivity index (χ0) is 26.0. The molecule has 3 saturated heterocycles. The van der Waals surface area contributed by atoms with Gasteiger partial charge >= 0.3 is 6.18 Å². The largest absolute Gasteiger partial charge is 0.416 e. The lowest BCUT2D eigenvalue weighted by atomic mass is 9.72. The predicted octanol–water partition coefficient (Wildman–Crippen LogP) is 2.72. The molecule has 0 radical (unpaired) electrons. The molecule has 37 heavy (non-hydrogen) atoms. The van der Waals surface area contributed by atoms with Crippen LogP contribution in [0.4, 0.5) is 19.0 Å². The maximum absolute atomic E-state index is 14.1. The first-order valence-electron chi connectivity index (χ1n) is 13.3.